The van der Waals surface area contributed by atoms with Crippen molar-refractivity contribution >= 4 is 0 Å². The lowest BCUT2D eigenvalue weighted by atomic mass is 10.3. The molecule has 0 spiro atoms. The molecule has 1 aromatic rings. The summed E-state index contributed by atoms with van der Waals surface area (Å²) in [4.78, 5) is 6.60. The molecule has 1 rings (SSSR count). The molecule has 0 unspecified atom stereocenters. The van der Waals surface area contributed by atoms with E-state index in [2.05, 4.69) is 14.5 Å². The molecule has 0 radical (unpaired) electrons. The van der Waals surface area contributed by atoms with Gasteiger partial charge in [-0.05, 0) is 26.4 Å². The summed E-state index contributed by atoms with van der Waals surface area (Å²) >= 11 is 0. The van der Waals surface area contributed by atoms with Gasteiger partial charge in [0.15, 0.2) is 0 Å². The lowest BCUT2D eigenvalue weighted by Gasteiger charge is -2.22. The summed E-state index contributed by atoms with van der Waals surface area (Å²) < 4.78 is 7.29. The highest BCUT2D eigenvalue weighted by Crippen LogP contribution is 1.98. The first kappa shape index (κ1) is 14.2. The van der Waals surface area contributed by atoms with Crippen molar-refractivity contribution < 1.29 is 4.74 Å². The molecule has 0 aromatic carbocycles. The Balaban J connectivity index is 2.34. The third-order valence-electron chi connectivity index (χ3n) is 2.87. The quantitative estimate of drug-likeness (QED) is 0.682. The molecule has 0 aliphatic carbocycles. The van der Waals surface area contributed by atoms with Crippen LogP contribution in [0.25, 0.3) is 0 Å². The van der Waals surface area contributed by atoms with Crippen molar-refractivity contribution in [1.29, 1.82) is 0 Å². The van der Waals surface area contributed by atoms with Gasteiger partial charge in [-0.2, -0.15) is 0 Å². The lowest BCUT2D eigenvalue weighted by Crippen LogP contribution is -2.32. The van der Waals surface area contributed by atoms with Crippen molar-refractivity contribution in [3.8, 4) is 0 Å². The van der Waals surface area contributed by atoms with Gasteiger partial charge < -0.3 is 15.0 Å². The van der Waals surface area contributed by atoms with Gasteiger partial charge >= 0.3 is 0 Å². The molecule has 0 bridgehead atoms. The van der Waals surface area contributed by atoms with E-state index in [1.807, 2.05) is 19.3 Å². The van der Waals surface area contributed by atoms with E-state index in [4.69, 9.17) is 10.5 Å². The topological polar surface area (TPSA) is 56.3 Å². The summed E-state index contributed by atoms with van der Waals surface area (Å²) in [5.74, 6) is 1.07. The number of ether oxygens (including phenoxy) is 1. The fraction of sp³-hybridized carbons (Fsp3) is 0.750. The van der Waals surface area contributed by atoms with Gasteiger partial charge in [0.25, 0.3) is 0 Å². The van der Waals surface area contributed by atoms with E-state index in [9.17, 15) is 0 Å². The molecule has 17 heavy (non-hydrogen) atoms. The monoisotopic (exact) mass is 240 g/mol. The Morgan fingerprint density at radius 3 is 2.82 bits per heavy atom. The zero-order valence-corrected chi connectivity index (χ0v) is 10.9. The van der Waals surface area contributed by atoms with Crippen LogP contribution in [0.1, 0.15) is 12.2 Å². The van der Waals surface area contributed by atoms with Gasteiger partial charge in [-0.1, -0.05) is 0 Å². The average Bonchev–Trinajstić information content (AvgIpc) is 2.74. The second-order valence-electron chi connectivity index (χ2n) is 4.14. The molecular weight excluding hydrogens is 216 g/mol. The molecule has 0 atom stereocenters. The van der Waals surface area contributed by atoms with Crippen molar-refractivity contribution in [1.82, 2.24) is 14.5 Å². The smallest absolute Gasteiger partial charge is 0.105 e. The number of imidazole rings is 1. The van der Waals surface area contributed by atoms with Crippen molar-refractivity contribution in [2.24, 2.45) is 5.73 Å². The zero-order valence-electron chi connectivity index (χ0n) is 10.9. The predicted octanol–water partition coefficient (Wildman–Crippen LogP) is 0.489. The van der Waals surface area contributed by atoms with Crippen LogP contribution < -0.4 is 5.73 Å². The van der Waals surface area contributed by atoms with Crippen LogP contribution in [0.5, 0.6) is 0 Å². The highest BCUT2D eigenvalue weighted by molar-refractivity contribution is 4.88. The summed E-state index contributed by atoms with van der Waals surface area (Å²) in [7, 11) is 1.74. The normalized spacial score (nSPS) is 11.3. The van der Waals surface area contributed by atoms with E-state index in [1.54, 1.807) is 7.11 Å². The SMILES string of the molecule is COCCN(CCCN)CCn1ccnc1C. The van der Waals surface area contributed by atoms with Gasteiger partial charge in [0.1, 0.15) is 5.82 Å². The third-order valence-corrected chi connectivity index (χ3v) is 2.87. The molecule has 5 nitrogen and oxygen atoms in total. The van der Waals surface area contributed by atoms with E-state index in [0.717, 1.165) is 51.6 Å². The first-order valence-corrected chi connectivity index (χ1v) is 6.17. The zero-order chi connectivity index (χ0) is 12.5. The third kappa shape index (κ3) is 5.30. The summed E-state index contributed by atoms with van der Waals surface area (Å²) in [6, 6.07) is 0. The largest absolute Gasteiger partial charge is 0.383 e. The number of rotatable bonds is 9. The maximum atomic E-state index is 5.55. The van der Waals surface area contributed by atoms with Gasteiger partial charge in [0, 0.05) is 39.1 Å². The number of aryl methyl sites for hydroxylation is 1. The Morgan fingerprint density at radius 1 is 1.41 bits per heavy atom. The highest BCUT2D eigenvalue weighted by atomic mass is 16.5. The van der Waals surface area contributed by atoms with Crippen LogP contribution in [-0.4, -0.2) is 54.3 Å². The molecule has 5 heteroatoms. The van der Waals surface area contributed by atoms with Crippen molar-refractivity contribution in [2.45, 2.75) is 19.9 Å². The molecule has 0 saturated carbocycles. The Morgan fingerprint density at radius 2 is 2.24 bits per heavy atom. The van der Waals surface area contributed by atoms with Crippen molar-refractivity contribution in [3.63, 3.8) is 0 Å². The van der Waals surface area contributed by atoms with Gasteiger partial charge in [0.2, 0.25) is 0 Å². The van der Waals surface area contributed by atoms with Crippen molar-refractivity contribution in [2.75, 3.05) is 39.9 Å². The molecule has 0 aliphatic rings. The Labute approximate surface area is 104 Å². The fourth-order valence-electron chi connectivity index (χ4n) is 1.76. The maximum absolute atomic E-state index is 5.55. The minimum atomic E-state index is 0.744. The number of methoxy groups -OCH3 is 1. The van der Waals surface area contributed by atoms with Crippen LogP contribution in [0.3, 0.4) is 0 Å². The van der Waals surface area contributed by atoms with Crippen LogP contribution in [0, 0.1) is 6.92 Å². The average molecular weight is 240 g/mol. The standard InChI is InChI=1S/C12H24N4O/c1-12-14-5-7-16(12)9-8-15(6-3-4-13)10-11-17-2/h5,7H,3-4,6,8-11,13H2,1-2H3. The summed E-state index contributed by atoms with van der Waals surface area (Å²) in [6.07, 6.45) is 4.90. The minimum absolute atomic E-state index is 0.744. The van der Waals surface area contributed by atoms with Crippen LogP contribution in [0.15, 0.2) is 12.4 Å². The first-order chi connectivity index (χ1) is 8.27. The number of hydrogen-bond acceptors (Lipinski definition) is 4. The lowest BCUT2D eigenvalue weighted by molar-refractivity contribution is 0.144. The Kier molecular flexibility index (Phi) is 6.84. The Bertz CT molecular complexity index is 292. The van der Waals surface area contributed by atoms with E-state index in [-0.39, 0.29) is 0 Å². The number of aromatic nitrogens is 2. The second-order valence-corrected chi connectivity index (χ2v) is 4.14. The van der Waals surface area contributed by atoms with E-state index in [0.29, 0.717) is 0 Å². The van der Waals surface area contributed by atoms with E-state index < -0.39 is 0 Å². The Hall–Kier alpha value is -0.910. The molecule has 1 aromatic heterocycles. The molecule has 0 saturated heterocycles. The molecule has 2 N–H and O–H groups in total. The molecular formula is C12H24N4O. The summed E-state index contributed by atoms with van der Waals surface area (Å²) in [5, 5.41) is 0. The second kappa shape index (κ2) is 8.22. The maximum Gasteiger partial charge on any atom is 0.105 e. The molecule has 98 valence electrons. The van der Waals surface area contributed by atoms with Crippen molar-refractivity contribution in [3.05, 3.63) is 18.2 Å². The first-order valence-electron chi connectivity index (χ1n) is 6.17. The van der Waals surface area contributed by atoms with E-state index in [1.165, 1.54) is 0 Å². The van der Waals surface area contributed by atoms with Gasteiger partial charge in [-0.3, -0.25) is 4.90 Å². The number of nitrogens with two attached hydrogens (primary N) is 1. The van der Waals surface area contributed by atoms with Gasteiger partial charge in [-0.25, -0.2) is 4.98 Å². The van der Waals surface area contributed by atoms with E-state index >= 15 is 0 Å². The molecule has 0 fully saturated rings. The van der Waals surface area contributed by atoms with Crippen LogP contribution in [0.4, 0.5) is 0 Å². The summed E-state index contributed by atoms with van der Waals surface area (Å²) in [5.41, 5.74) is 5.55. The molecule has 1 heterocycles. The van der Waals surface area contributed by atoms with Crippen LogP contribution in [-0.2, 0) is 11.3 Å². The molecule has 0 amide bonds. The number of nitrogens with zero attached hydrogens (tertiary/aromatic N) is 3. The predicted molar refractivity (Wildman–Crippen MR) is 69.0 cm³/mol. The number of hydrogen-bond donors (Lipinski definition) is 1. The van der Waals surface area contributed by atoms with Crippen LogP contribution in [0.2, 0.25) is 0 Å². The summed E-state index contributed by atoms with van der Waals surface area (Å²) in [6.45, 7) is 7.53. The minimum Gasteiger partial charge on any atom is -0.383 e. The van der Waals surface area contributed by atoms with Gasteiger partial charge in [-0.15, -0.1) is 0 Å². The fourth-order valence-corrected chi connectivity index (χ4v) is 1.76. The highest BCUT2D eigenvalue weighted by Gasteiger charge is 2.05. The molecule has 0 aliphatic heterocycles. The van der Waals surface area contributed by atoms with Crippen LogP contribution >= 0.6 is 0 Å². The van der Waals surface area contributed by atoms with Gasteiger partial charge in [0.05, 0.1) is 6.61 Å².